The van der Waals surface area contributed by atoms with Crippen LogP contribution in [0.25, 0.3) is 0 Å². The van der Waals surface area contributed by atoms with E-state index in [-0.39, 0.29) is 0 Å². The van der Waals surface area contributed by atoms with Gasteiger partial charge in [0.2, 0.25) is 0 Å². The van der Waals surface area contributed by atoms with Crippen molar-refractivity contribution in [2.45, 2.75) is 50.2 Å². The number of likely N-dealkylation sites (N-methyl/N-ethyl adjacent to an activating group) is 1. The van der Waals surface area contributed by atoms with Crippen LogP contribution in [0.2, 0.25) is 0 Å². The van der Waals surface area contributed by atoms with E-state index in [9.17, 15) is 5.11 Å². The first-order valence-corrected chi connectivity index (χ1v) is 11.4. The van der Waals surface area contributed by atoms with E-state index < -0.39 is 5.60 Å². The first-order chi connectivity index (χ1) is 14.2. The predicted octanol–water partition coefficient (Wildman–Crippen LogP) is 4.53. The Balaban J connectivity index is 1.60. The van der Waals surface area contributed by atoms with Crippen LogP contribution in [0.3, 0.4) is 0 Å². The molecule has 3 atom stereocenters. The topological polar surface area (TPSA) is 26.7 Å². The maximum absolute atomic E-state index is 12.0. The smallest absolute Gasteiger partial charge is 0.0697 e. The summed E-state index contributed by atoms with van der Waals surface area (Å²) in [6.07, 6.45) is 6.25. The van der Waals surface area contributed by atoms with E-state index in [2.05, 4.69) is 77.5 Å². The average Bonchev–Trinajstić information content (AvgIpc) is 2.77. The second kappa shape index (κ2) is 9.42. The van der Waals surface area contributed by atoms with Gasteiger partial charge in [0.15, 0.2) is 0 Å². The fourth-order valence-corrected chi connectivity index (χ4v) is 5.46. The number of hydrogen-bond donors (Lipinski definition) is 1. The van der Waals surface area contributed by atoms with Crippen molar-refractivity contribution in [3.8, 4) is 0 Å². The number of aliphatic hydroxyl groups is 1. The number of benzene rings is 2. The zero-order valence-electron chi connectivity index (χ0n) is 17.8. The molecule has 1 N–H and O–H groups in total. The fraction of sp³-hybridized carbons (Fsp3) is 0.538. The van der Waals surface area contributed by atoms with Gasteiger partial charge in [-0.1, -0.05) is 73.5 Å². The first-order valence-electron chi connectivity index (χ1n) is 11.4. The van der Waals surface area contributed by atoms with Gasteiger partial charge in [-0.05, 0) is 43.9 Å². The summed E-state index contributed by atoms with van der Waals surface area (Å²) in [5.74, 6) is 0.297. The minimum atomic E-state index is -0.585. The molecule has 1 heterocycles. The number of hydrogen-bond acceptors (Lipinski definition) is 3. The highest BCUT2D eigenvalue weighted by Gasteiger charge is 2.45. The van der Waals surface area contributed by atoms with E-state index in [1.807, 2.05) is 0 Å². The molecule has 4 rings (SSSR count). The Morgan fingerprint density at radius 1 is 0.931 bits per heavy atom. The van der Waals surface area contributed by atoms with Crippen molar-refractivity contribution >= 4 is 0 Å². The van der Waals surface area contributed by atoms with E-state index in [0.29, 0.717) is 12.0 Å². The fourth-order valence-electron chi connectivity index (χ4n) is 5.46. The quantitative estimate of drug-likeness (QED) is 0.782. The molecule has 0 aromatic heterocycles. The van der Waals surface area contributed by atoms with Crippen LogP contribution in [0.1, 0.15) is 49.3 Å². The standard InChI is InChI=1S/C26H36N2O/c1-27-18-20-28(21-19-27)25(23-12-6-3-7-13-23)24-14-8-9-16-26(24,29)17-15-22-10-4-2-5-11-22/h2-7,10-13,24-25,29H,8-9,14-21H2,1H3. The molecule has 0 amide bonds. The molecule has 156 valence electrons. The van der Waals surface area contributed by atoms with Crippen molar-refractivity contribution in [2.24, 2.45) is 5.92 Å². The van der Waals surface area contributed by atoms with E-state index in [0.717, 1.165) is 58.3 Å². The Bertz CT molecular complexity index is 742. The lowest BCUT2D eigenvalue weighted by atomic mass is 9.67. The van der Waals surface area contributed by atoms with Crippen LogP contribution < -0.4 is 0 Å². The molecule has 2 aliphatic rings. The maximum atomic E-state index is 12.0. The van der Waals surface area contributed by atoms with Crippen molar-refractivity contribution in [1.29, 1.82) is 0 Å². The minimum Gasteiger partial charge on any atom is -0.390 e. The predicted molar refractivity (Wildman–Crippen MR) is 120 cm³/mol. The summed E-state index contributed by atoms with van der Waals surface area (Å²) >= 11 is 0. The molecule has 3 unspecified atom stereocenters. The zero-order chi connectivity index (χ0) is 20.1. The van der Waals surface area contributed by atoms with E-state index in [4.69, 9.17) is 0 Å². The normalized spacial score (nSPS) is 27.6. The van der Waals surface area contributed by atoms with Crippen LogP contribution in [0.15, 0.2) is 60.7 Å². The Morgan fingerprint density at radius 3 is 2.28 bits per heavy atom. The molecule has 29 heavy (non-hydrogen) atoms. The Kier molecular flexibility index (Phi) is 6.69. The van der Waals surface area contributed by atoms with Gasteiger partial charge in [-0.25, -0.2) is 0 Å². The van der Waals surface area contributed by atoms with Gasteiger partial charge < -0.3 is 10.0 Å². The molecule has 0 bridgehead atoms. The van der Waals surface area contributed by atoms with Gasteiger partial charge >= 0.3 is 0 Å². The highest BCUT2D eigenvalue weighted by atomic mass is 16.3. The molecule has 0 spiro atoms. The van der Waals surface area contributed by atoms with Crippen LogP contribution in [-0.4, -0.2) is 53.7 Å². The molecule has 2 aromatic rings. The summed E-state index contributed by atoms with van der Waals surface area (Å²) in [6.45, 7) is 4.39. The summed E-state index contributed by atoms with van der Waals surface area (Å²) in [4.78, 5) is 5.07. The van der Waals surface area contributed by atoms with Crippen molar-refractivity contribution in [3.05, 3.63) is 71.8 Å². The summed E-state index contributed by atoms with van der Waals surface area (Å²) < 4.78 is 0. The lowest BCUT2D eigenvalue weighted by Gasteiger charge is -2.49. The van der Waals surface area contributed by atoms with Crippen LogP contribution >= 0.6 is 0 Å². The average molecular weight is 393 g/mol. The van der Waals surface area contributed by atoms with Gasteiger partial charge in [0, 0.05) is 38.1 Å². The second-order valence-electron chi connectivity index (χ2n) is 9.14. The van der Waals surface area contributed by atoms with Gasteiger partial charge in [-0.3, -0.25) is 4.90 Å². The van der Waals surface area contributed by atoms with Gasteiger partial charge in [0.05, 0.1) is 5.60 Å². The number of nitrogens with zero attached hydrogens (tertiary/aromatic N) is 2. The number of piperazine rings is 1. The molecule has 3 heteroatoms. The Morgan fingerprint density at radius 2 is 1.59 bits per heavy atom. The monoisotopic (exact) mass is 392 g/mol. The summed E-state index contributed by atoms with van der Waals surface area (Å²) in [7, 11) is 2.21. The third kappa shape index (κ3) is 4.91. The molecule has 3 nitrogen and oxygen atoms in total. The SMILES string of the molecule is CN1CCN(C(c2ccccc2)C2CCCCC2(O)CCc2ccccc2)CC1. The lowest BCUT2D eigenvalue weighted by Crippen LogP contribution is -2.53. The van der Waals surface area contributed by atoms with E-state index >= 15 is 0 Å². The molecule has 2 aromatic carbocycles. The van der Waals surface area contributed by atoms with Crippen molar-refractivity contribution in [2.75, 3.05) is 33.2 Å². The van der Waals surface area contributed by atoms with Gasteiger partial charge in [-0.2, -0.15) is 0 Å². The lowest BCUT2D eigenvalue weighted by molar-refractivity contribution is -0.0931. The Labute approximate surface area is 176 Å². The highest BCUT2D eigenvalue weighted by Crippen LogP contribution is 2.46. The van der Waals surface area contributed by atoms with Crippen LogP contribution in [-0.2, 0) is 6.42 Å². The van der Waals surface area contributed by atoms with Crippen LogP contribution in [0, 0.1) is 5.92 Å². The third-order valence-electron chi connectivity index (χ3n) is 7.21. The molecule has 1 aliphatic carbocycles. The van der Waals surface area contributed by atoms with Gasteiger partial charge in [-0.15, -0.1) is 0 Å². The first kappa shape index (κ1) is 20.6. The van der Waals surface area contributed by atoms with Crippen LogP contribution in [0.4, 0.5) is 0 Å². The largest absolute Gasteiger partial charge is 0.390 e. The van der Waals surface area contributed by atoms with Crippen molar-refractivity contribution in [1.82, 2.24) is 9.80 Å². The second-order valence-corrected chi connectivity index (χ2v) is 9.14. The van der Waals surface area contributed by atoms with E-state index in [1.54, 1.807) is 0 Å². The third-order valence-corrected chi connectivity index (χ3v) is 7.21. The van der Waals surface area contributed by atoms with Gasteiger partial charge in [0.1, 0.15) is 0 Å². The molecule has 0 radical (unpaired) electrons. The van der Waals surface area contributed by atoms with Crippen molar-refractivity contribution < 1.29 is 5.11 Å². The summed E-state index contributed by atoms with van der Waals surface area (Å²) in [6, 6.07) is 21.9. The maximum Gasteiger partial charge on any atom is 0.0697 e. The molecular weight excluding hydrogens is 356 g/mol. The highest BCUT2D eigenvalue weighted by molar-refractivity contribution is 5.22. The molecule has 1 saturated carbocycles. The zero-order valence-corrected chi connectivity index (χ0v) is 17.8. The number of rotatable bonds is 6. The summed E-state index contributed by atoms with van der Waals surface area (Å²) in [5.41, 5.74) is 2.13. The molecule has 1 saturated heterocycles. The minimum absolute atomic E-state index is 0.297. The number of aryl methyl sites for hydroxylation is 1. The van der Waals surface area contributed by atoms with Crippen LogP contribution in [0.5, 0.6) is 0 Å². The van der Waals surface area contributed by atoms with Crippen molar-refractivity contribution in [3.63, 3.8) is 0 Å². The summed E-state index contributed by atoms with van der Waals surface area (Å²) in [5, 5.41) is 12.0. The van der Waals surface area contributed by atoms with Gasteiger partial charge in [0.25, 0.3) is 0 Å². The molecular formula is C26H36N2O. The molecule has 2 fully saturated rings. The van der Waals surface area contributed by atoms with E-state index in [1.165, 1.54) is 17.5 Å². The Hall–Kier alpha value is -1.68. The molecule has 1 aliphatic heterocycles.